The minimum atomic E-state index is -3.41. The predicted octanol–water partition coefficient (Wildman–Crippen LogP) is 0.110. The Morgan fingerprint density at radius 2 is 2.19 bits per heavy atom. The molecule has 0 saturated heterocycles. The van der Waals surface area contributed by atoms with Gasteiger partial charge in [-0.15, -0.1) is 10.2 Å². The number of nitrogens with two attached hydrogens (primary N) is 1. The molecule has 0 unspecified atom stereocenters. The average molecular weight is 258 g/mol. The summed E-state index contributed by atoms with van der Waals surface area (Å²) in [6.45, 7) is 0. The molecule has 0 fully saturated rings. The lowest BCUT2D eigenvalue weighted by Gasteiger charge is -1.98. The van der Waals surface area contributed by atoms with E-state index in [1.807, 2.05) is 24.4 Å². The Kier molecular flexibility index (Phi) is 3.13. The van der Waals surface area contributed by atoms with Crippen LogP contribution in [0.2, 0.25) is 0 Å². The maximum Gasteiger partial charge on any atom is 0.209 e. The van der Waals surface area contributed by atoms with Crippen molar-refractivity contribution in [1.82, 2.24) is 14.6 Å². The zero-order chi connectivity index (χ0) is 11.6. The molecule has 2 aromatic rings. The van der Waals surface area contributed by atoms with Crippen LogP contribution in [0.4, 0.5) is 0 Å². The third-order valence-corrected chi connectivity index (χ3v) is 3.86. The van der Waals surface area contributed by atoms with Crippen LogP contribution in [0.3, 0.4) is 0 Å². The Labute approximate surface area is 96.9 Å². The van der Waals surface area contributed by atoms with Crippen LogP contribution in [-0.4, -0.2) is 34.5 Å². The number of pyridine rings is 1. The van der Waals surface area contributed by atoms with Crippen LogP contribution < -0.4 is 5.14 Å². The van der Waals surface area contributed by atoms with Gasteiger partial charge in [0.1, 0.15) is 0 Å². The molecule has 16 heavy (non-hydrogen) atoms. The standard InChI is InChI=1S/C8H10N4O2S2/c9-16(13,14)6-5-15-8-11-10-7-3-1-2-4-12(7)8/h1-4H,5-6H2,(H2,9,13,14). The lowest BCUT2D eigenvalue weighted by Crippen LogP contribution is -2.17. The summed E-state index contributed by atoms with van der Waals surface area (Å²) in [6.07, 6.45) is 1.83. The van der Waals surface area contributed by atoms with Crippen molar-refractivity contribution in [3.8, 4) is 0 Å². The summed E-state index contributed by atoms with van der Waals surface area (Å²) in [4.78, 5) is 0. The van der Waals surface area contributed by atoms with Crippen LogP contribution in [-0.2, 0) is 10.0 Å². The molecule has 0 saturated carbocycles. The van der Waals surface area contributed by atoms with Gasteiger partial charge in [0.15, 0.2) is 10.8 Å². The molecule has 0 amide bonds. The molecule has 2 N–H and O–H groups in total. The highest BCUT2D eigenvalue weighted by Gasteiger charge is 2.07. The van der Waals surface area contributed by atoms with E-state index in [1.165, 1.54) is 11.8 Å². The van der Waals surface area contributed by atoms with E-state index in [1.54, 1.807) is 4.40 Å². The highest BCUT2D eigenvalue weighted by atomic mass is 32.2. The smallest absolute Gasteiger partial charge is 0.209 e. The molecule has 0 aliphatic heterocycles. The molecule has 0 bridgehead atoms. The second kappa shape index (κ2) is 4.40. The molecule has 0 aliphatic carbocycles. The second-order valence-corrected chi connectivity index (χ2v) is 5.92. The molecule has 0 aromatic carbocycles. The van der Waals surface area contributed by atoms with E-state index in [9.17, 15) is 8.42 Å². The van der Waals surface area contributed by atoms with Gasteiger partial charge in [-0.1, -0.05) is 17.8 Å². The van der Waals surface area contributed by atoms with Crippen molar-refractivity contribution in [3.63, 3.8) is 0 Å². The first kappa shape index (κ1) is 11.4. The molecule has 2 heterocycles. The first-order valence-electron chi connectivity index (χ1n) is 4.49. The summed E-state index contributed by atoms with van der Waals surface area (Å²) in [6, 6.07) is 5.56. The number of aromatic nitrogens is 3. The summed E-state index contributed by atoms with van der Waals surface area (Å²) < 4.78 is 23.3. The average Bonchev–Trinajstić information content (AvgIpc) is 2.60. The molecule has 0 atom stereocenters. The minimum Gasteiger partial charge on any atom is -0.277 e. The van der Waals surface area contributed by atoms with Crippen LogP contribution in [0.1, 0.15) is 0 Å². The van der Waals surface area contributed by atoms with Crippen LogP contribution in [0, 0.1) is 0 Å². The fourth-order valence-electron chi connectivity index (χ4n) is 1.17. The van der Waals surface area contributed by atoms with Crippen molar-refractivity contribution in [2.45, 2.75) is 5.16 Å². The Bertz CT molecular complexity index is 593. The van der Waals surface area contributed by atoms with E-state index in [0.29, 0.717) is 10.9 Å². The van der Waals surface area contributed by atoms with Crippen LogP contribution in [0.5, 0.6) is 0 Å². The largest absolute Gasteiger partial charge is 0.277 e. The van der Waals surface area contributed by atoms with Gasteiger partial charge in [0.25, 0.3) is 0 Å². The third-order valence-electron chi connectivity index (χ3n) is 1.88. The highest BCUT2D eigenvalue weighted by Crippen LogP contribution is 2.16. The molecule has 8 heteroatoms. The Morgan fingerprint density at radius 3 is 2.94 bits per heavy atom. The summed E-state index contributed by atoms with van der Waals surface area (Å²) in [7, 11) is -3.41. The van der Waals surface area contributed by atoms with Gasteiger partial charge in [-0.3, -0.25) is 4.40 Å². The van der Waals surface area contributed by atoms with Crippen molar-refractivity contribution >= 4 is 27.4 Å². The van der Waals surface area contributed by atoms with Gasteiger partial charge in [-0.25, -0.2) is 13.6 Å². The van der Waals surface area contributed by atoms with Crippen LogP contribution in [0.25, 0.3) is 5.65 Å². The zero-order valence-corrected chi connectivity index (χ0v) is 9.91. The summed E-state index contributed by atoms with van der Waals surface area (Å²) in [5.41, 5.74) is 0.737. The fourth-order valence-corrected chi connectivity index (χ4v) is 3.00. The molecule has 6 nitrogen and oxygen atoms in total. The molecule has 0 spiro atoms. The maximum atomic E-state index is 10.7. The van der Waals surface area contributed by atoms with Gasteiger partial charge < -0.3 is 0 Å². The number of thioether (sulfide) groups is 1. The van der Waals surface area contributed by atoms with E-state index in [4.69, 9.17) is 5.14 Å². The van der Waals surface area contributed by atoms with Crippen LogP contribution >= 0.6 is 11.8 Å². The number of primary sulfonamides is 1. The maximum absolute atomic E-state index is 10.7. The molecular weight excluding hydrogens is 248 g/mol. The van der Waals surface area contributed by atoms with Crippen LogP contribution in [0.15, 0.2) is 29.6 Å². The quantitative estimate of drug-likeness (QED) is 0.786. The Morgan fingerprint density at radius 1 is 1.38 bits per heavy atom. The second-order valence-electron chi connectivity index (χ2n) is 3.13. The molecule has 0 aliphatic rings. The van der Waals surface area contributed by atoms with E-state index in [0.717, 1.165) is 5.65 Å². The normalized spacial score (nSPS) is 12.1. The number of hydrogen-bond donors (Lipinski definition) is 1. The summed E-state index contributed by atoms with van der Waals surface area (Å²) in [5.74, 6) is 0.300. The Hall–Kier alpha value is -1.12. The summed E-state index contributed by atoms with van der Waals surface area (Å²) in [5, 5.41) is 13.5. The first-order valence-corrected chi connectivity index (χ1v) is 7.19. The van der Waals surface area contributed by atoms with E-state index < -0.39 is 10.0 Å². The third kappa shape index (κ3) is 2.71. The topological polar surface area (TPSA) is 90.4 Å². The highest BCUT2D eigenvalue weighted by molar-refractivity contribution is 8.00. The van der Waals surface area contributed by atoms with Crippen molar-refractivity contribution in [3.05, 3.63) is 24.4 Å². The number of nitrogens with zero attached hydrogens (tertiary/aromatic N) is 3. The van der Waals surface area contributed by atoms with Crippen molar-refractivity contribution in [2.75, 3.05) is 11.5 Å². The number of hydrogen-bond acceptors (Lipinski definition) is 5. The van der Waals surface area contributed by atoms with Gasteiger partial charge in [0.05, 0.1) is 5.75 Å². The first-order chi connectivity index (χ1) is 7.56. The Balaban J connectivity index is 2.10. The van der Waals surface area contributed by atoms with Crippen molar-refractivity contribution < 1.29 is 8.42 Å². The molecule has 2 rings (SSSR count). The van der Waals surface area contributed by atoms with E-state index in [-0.39, 0.29) is 5.75 Å². The number of rotatable bonds is 4. The van der Waals surface area contributed by atoms with Gasteiger partial charge in [-0.05, 0) is 12.1 Å². The minimum absolute atomic E-state index is 0.0700. The predicted molar refractivity (Wildman–Crippen MR) is 61.7 cm³/mol. The lowest BCUT2D eigenvalue weighted by molar-refractivity contribution is 0.599. The van der Waals surface area contributed by atoms with Gasteiger partial charge >= 0.3 is 0 Å². The van der Waals surface area contributed by atoms with E-state index >= 15 is 0 Å². The molecule has 86 valence electrons. The van der Waals surface area contributed by atoms with Gasteiger partial charge in [-0.2, -0.15) is 0 Å². The van der Waals surface area contributed by atoms with Crippen molar-refractivity contribution in [1.29, 1.82) is 0 Å². The van der Waals surface area contributed by atoms with Crippen molar-refractivity contribution in [2.24, 2.45) is 5.14 Å². The van der Waals surface area contributed by atoms with E-state index in [2.05, 4.69) is 10.2 Å². The van der Waals surface area contributed by atoms with Gasteiger partial charge in [0, 0.05) is 11.9 Å². The summed E-state index contributed by atoms with van der Waals surface area (Å²) >= 11 is 1.31. The monoisotopic (exact) mass is 258 g/mol. The molecular formula is C8H10N4O2S2. The number of fused-ring (bicyclic) bond motifs is 1. The molecule has 0 radical (unpaired) electrons. The van der Waals surface area contributed by atoms with Gasteiger partial charge in [0.2, 0.25) is 10.0 Å². The fraction of sp³-hybridized carbons (Fsp3) is 0.250. The lowest BCUT2D eigenvalue weighted by atomic mass is 10.5. The molecule has 2 aromatic heterocycles. The SMILES string of the molecule is NS(=O)(=O)CCSc1nnc2ccccn12. The number of sulfonamides is 1. The zero-order valence-electron chi connectivity index (χ0n) is 8.28.